The number of rotatable bonds is 6. The van der Waals surface area contributed by atoms with Crippen molar-refractivity contribution in [3.63, 3.8) is 0 Å². The minimum absolute atomic E-state index is 0.362. The van der Waals surface area contributed by atoms with Gasteiger partial charge in [-0.25, -0.2) is 5.43 Å². The molecule has 0 spiro atoms. The highest BCUT2D eigenvalue weighted by atomic mass is 79.9. The zero-order valence-electron chi connectivity index (χ0n) is 12.7. The average molecular weight is 378 g/mol. The van der Waals surface area contributed by atoms with Crippen LogP contribution in [-0.4, -0.2) is 30.8 Å². The third kappa shape index (κ3) is 4.53. The number of amides is 1. The van der Waals surface area contributed by atoms with E-state index in [1.165, 1.54) is 13.3 Å². The topological polar surface area (TPSA) is 72.8 Å². The van der Waals surface area contributed by atoms with Crippen LogP contribution in [0.15, 0.2) is 46.1 Å². The molecule has 0 atom stereocenters. The lowest BCUT2D eigenvalue weighted by Gasteiger charge is -2.12. The van der Waals surface area contributed by atoms with Crippen LogP contribution in [0, 0.1) is 0 Å². The van der Waals surface area contributed by atoms with E-state index in [1.807, 2.05) is 13.0 Å². The van der Waals surface area contributed by atoms with Gasteiger partial charge in [-0.15, -0.1) is 0 Å². The molecule has 2 rings (SSSR count). The molecule has 1 aromatic carbocycles. The minimum atomic E-state index is -0.362. The molecule has 0 aliphatic rings. The maximum absolute atomic E-state index is 12.2. The van der Waals surface area contributed by atoms with Gasteiger partial charge in [0.05, 0.1) is 30.1 Å². The van der Waals surface area contributed by atoms with Gasteiger partial charge in [0, 0.05) is 11.8 Å². The Hall–Kier alpha value is -2.41. The van der Waals surface area contributed by atoms with Gasteiger partial charge in [0.2, 0.25) is 0 Å². The van der Waals surface area contributed by atoms with Crippen molar-refractivity contribution in [1.29, 1.82) is 0 Å². The fourth-order valence-electron chi connectivity index (χ4n) is 1.81. The predicted molar refractivity (Wildman–Crippen MR) is 91.2 cm³/mol. The molecule has 120 valence electrons. The summed E-state index contributed by atoms with van der Waals surface area (Å²) in [6.07, 6.45) is 3.12. The van der Waals surface area contributed by atoms with Crippen molar-refractivity contribution in [2.24, 2.45) is 5.10 Å². The summed E-state index contributed by atoms with van der Waals surface area (Å²) in [4.78, 5) is 16.2. The Kier molecular flexibility index (Phi) is 6.10. The first kappa shape index (κ1) is 17.0. The smallest absolute Gasteiger partial charge is 0.271 e. The fourth-order valence-corrected chi connectivity index (χ4v) is 2.37. The van der Waals surface area contributed by atoms with Crippen molar-refractivity contribution in [3.05, 3.63) is 52.3 Å². The second-order valence-electron chi connectivity index (χ2n) is 4.38. The second kappa shape index (κ2) is 8.28. The van der Waals surface area contributed by atoms with Crippen LogP contribution in [0.4, 0.5) is 0 Å². The Morgan fingerprint density at radius 1 is 1.43 bits per heavy atom. The standard InChI is InChI=1S/C16H16BrN3O3/c1-3-23-15-13(17)8-11(9-14(15)22-2)16(21)20-19-10-12-6-4-5-7-18-12/h4-10H,3H2,1-2H3,(H,20,21)/b19-10-. The second-order valence-corrected chi connectivity index (χ2v) is 5.23. The molecule has 1 amide bonds. The van der Waals surface area contributed by atoms with Crippen LogP contribution in [-0.2, 0) is 0 Å². The monoisotopic (exact) mass is 377 g/mol. The van der Waals surface area contributed by atoms with Crippen molar-refractivity contribution >= 4 is 28.1 Å². The van der Waals surface area contributed by atoms with E-state index in [2.05, 4.69) is 31.4 Å². The van der Waals surface area contributed by atoms with Crippen molar-refractivity contribution in [1.82, 2.24) is 10.4 Å². The van der Waals surface area contributed by atoms with Crippen LogP contribution in [0.25, 0.3) is 0 Å². The van der Waals surface area contributed by atoms with Crippen molar-refractivity contribution in [2.75, 3.05) is 13.7 Å². The number of nitrogens with zero attached hydrogens (tertiary/aromatic N) is 2. The Morgan fingerprint density at radius 2 is 2.26 bits per heavy atom. The van der Waals surface area contributed by atoms with Crippen LogP contribution >= 0.6 is 15.9 Å². The molecule has 0 aliphatic heterocycles. The summed E-state index contributed by atoms with van der Waals surface area (Å²) in [5, 5.41) is 3.89. The largest absolute Gasteiger partial charge is 0.493 e. The van der Waals surface area contributed by atoms with Crippen LogP contribution in [0.3, 0.4) is 0 Å². The average Bonchev–Trinajstić information content (AvgIpc) is 2.57. The summed E-state index contributed by atoms with van der Waals surface area (Å²) in [6, 6.07) is 8.68. The molecule has 0 fully saturated rings. The van der Waals surface area contributed by atoms with Crippen molar-refractivity contribution in [3.8, 4) is 11.5 Å². The minimum Gasteiger partial charge on any atom is -0.493 e. The molecule has 1 heterocycles. The molecule has 7 heteroatoms. The molecule has 0 aliphatic carbocycles. The lowest BCUT2D eigenvalue weighted by atomic mass is 10.2. The number of carbonyl (C=O) groups is 1. The number of hydrazone groups is 1. The number of hydrogen-bond donors (Lipinski definition) is 1. The van der Waals surface area contributed by atoms with E-state index in [0.29, 0.717) is 33.8 Å². The number of pyridine rings is 1. The maximum Gasteiger partial charge on any atom is 0.271 e. The highest BCUT2D eigenvalue weighted by molar-refractivity contribution is 9.10. The highest BCUT2D eigenvalue weighted by Crippen LogP contribution is 2.36. The Morgan fingerprint density at radius 3 is 2.91 bits per heavy atom. The lowest BCUT2D eigenvalue weighted by molar-refractivity contribution is 0.0954. The predicted octanol–water partition coefficient (Wildman–Crippen LogP) is 3.02. The molecule has 0 radical (unpaired) electrons. The summed E-state index contributed by atoms with van der Waals surface area (Å²) in [6.45, 7) is 2.37. The summed E-state index contributed by atoms with van der Waals surface area (Å²) in [7, 11) is 1.52. The SMILES string of the molecule is CCOc1c(Br)cc(C(=O)N/N=C\c2ccccn2)cc1OC. The maximum atomic E-state index is 12.2. The molecular weight excluding hydrogens is 362 g/mol. The van der Waals surface area contributed by atoms with Gasteiger partial charge >= 0.3 is 0 Å². The van der Waals surface area contributed by atoms with Crippen molar-refractivity contribution in [2.45, 2.75) is 6.92 Å². The van der Waals surface area contributed by atoms with E-state index < -0.39 is 0 Å². The molecule has 1 aromatic heterocycles. The number of ether oxygens (including phenoxy) is 2. The van der Waals surface area contributed by atoms with Crippen LogP contribution in [0.2, 0.25) is 0 Å². The first-order chi connectivity index (χ1) is 11.2. The summed E-state index contributed by atoms with van der Waals surface area (Å²) >= 11 is 3.38. The van der Waals surface area contributed by atoms with Gasteiger partial charge in [-0.3, -0.25) is 9.78 Å². The van der Waals surface area contributed by atoms with E-state index in [1.54, 1.807) is 30.5 Å². The normalized spacial score (nSPS) is 10.6. The van der Waals surface area contributed by atoms with Gasteiger partial charge in [0.15, 0.2) is 11.5 Å². The number of halogens is 1. The summed E-state index contributed by atoms with van der Waals surface area (Å²) in [5.74, 6) is 0.669. The Labute approximate surface area is 142 Å². The Bertz CT molecular complexity index is 705. The molecule has 23 heavy (non-hydrogen) atoms. The molecule has 6 nitrogen and oxygen atoms in total. The fraction of sp³-hybridized carbons (Fsp3) is 0.188. The quantitative estimate of drug-likeness (QED) is 0.620. The first-order valence-electron chi connectivity index (χ1n) is 6.90. The Balaban J connectivity index is 2.13. The van der Waals surface area contributed by atoms with E-state index in [0.717, 1.165) is 0 Å². The molecule has 0 saturated carbocycles. The first-order valence-corrected chi connectivity index (χ1v) is 7.69. The molecule has 2 aromatic rings. The lowest BCUT2D eigenvalue weighted by Crippen LogP contribution is -2.18. The van der Waals surface area contributed by atoms with Gasteiger partial charge in [-0.05, 0) is 47.1 Å². The van der Waals surface area contributed by atoms with Crippen molar-refractivity contribution < 1.29 is 14.3 Å². The van der Waals surface area contributed by atoms with Gasteiger partial charge < -0.3 is 9.47 Å². The van der Waals surface area contributed by atoms with E-state index in [4.69, 9.17) is 9.47 Å². The van der Waals surface area contributed by atoms with E-state index >= 15 is 0 Å². The third-order valence-corrected chi connectivity index (χ3v) is 3.42. The number of nitrogens with one attached hydrogen (secondary N) is 1. The van der Waals surface area contributed by atoms with E-state index in [-0.39, 0.29) is 5.91 Å². The number of methoxy groups -OCH3 is 1. The number of hydrogen-bond acceptors (Lipinski definition) is 5. The zero-order chi connectivity index (χ0) is 16.7. The number of carbonyl (C=O) groups excluding carboxylic acids is 1. The van der Waals surface area contributed by atoms with Gasteiger partial charge in [0.1, 0.15) is 0 Å². The van der Waals surface area contributed by atoms with E-state index in [9.17, 15) is 4.79 Å². The number of aromatic nitrogens is 1. The molecule has 1 N–H and O–H groups in total. The van der Waals surface area contributed by atoms with Gasteiger partial charge in [-0.1, -0.05) is 6.07 Å². The molecule has 0 saturated heterocycles. The van der Waals surface area contributed by atoms with Crippen LogP contribution < -0.4 is 14.9 Å². The highest BCUT2D eigenvalue weighted by Gasteiger charge is 2.15. The molecule has 0 bridgehead atoms. The molecule has 0 unspecified atom stereocenters. The summed E-state index contributed by atoms with van der Waals surface area (Å²) in [5.41, 5.74) is 3.50. The van der Waals surface area contributed by atoms with Gasteiger partial charge in [-0.2, -0.15) is 5.10 Å². The zero-order valence-corrected chi connectivity index (χ0v) is 14.3. The van der Waals surface area contributed by atoms with Crippen LogP contribution in [0.1, 0.15) is 23.0 Å². The third-order valence-electron chi connectivity index (χ3n) is 2.83. The number of benzene rings is 1. The van der Waals surface area contributed by atoms with Gasteiger partial charge in [0.25, 0.3) is 5.91 Å². The van der Waals surface area contributed by atoms with Crippen LogP contribution in [0.5, 0.6) is 11.5 Å². The molecular formula is C16H16BrN3O3. The summed E-state index contributed by atoms with van der Waals surface area (Å²) < 4.78 is 11.4.